The Kier molecular flexibility index (Phi) is 4.91. The average molecular weight is 427 g/mol. The molecule has 8 nitrogen and oxygen atoms in total. The van der Waals surface area contributed by atoms with E-state index in [-0.39, 0.29) is 32.9 Å². The number of aromatic nitrogens is 3. The zero-order chi connectivity index (χ0) is 20.5. The van der Waals surface area contributed by atoms with E-state index in [0.717, 1.165) is 21.4 Å². The highest BCUT2D eigenvalue weighted by atomic mass is 35.5. The molecular weight excluding hydrogens is 416 g/mol. The fourth-order valence-electron chi connectivity index (χ4n) is 2.76. The molecule has 2 aromatic carbocycles. The molecule has 0 saturated heterocycles. The summed E-state index contributed by atoms with van der Waals surface area (Å²) in [5.74, 6) is 0. The molecule has 4 aromatic rings. The highest BCUT2D eigenvalue weighted by Crippen LogP contribution is 2.18. The molecule has 0 aliphatic rings. The van der Waals surface area contributed by atoms with E-state index in [1.54, 1.807) is 42.5 Å². The highest BCUT2D eigenvalue weighted by molar-refractivity contribution is 7.15. The number of halogens is 1. The Morgan fingerprint density at radius 2 is 1.86 bits per heavy atom. The second kappa shape index (κ2) is 7.53. The molecule has 0 N–H and O–H groups in total. The lowest BCUT2D eigenvalue weighted by Gasteiger charge is -2.00. The number of nitro benzene ring substituents is 1. The summed E-state index contributed by atoms with van der Waals surface area (Å²) in [6.07, 6.45) is 1.61. The number of benzene rings is 2. The van der Waals surface area contributed by atoms with Gasteiger partial charge in [0, 0.05) is 17.5 Å². The van der Waals surface area contributed by atoms with Crippen molar-refractivity contribution in [2.75, 3.05) is 0 Å². The molecule has 0 aliphatic heterocycles. The predicted molar refractivity (Wildman–Crippen MR) is 110 cm³/mol. The molecule has 0 radical (unpaired) electrons. The number of para-hydroxylation sites is 1. The molecule has 144 valence electrons. The lowest BCUT2D eigenvalue weighted by molar-refractivity contribution is -0.385. The first-order chi connectivity index (χ1) is 13.9. The van der Waals surface area contributed by atoms with Gasteiger partial charge in [-0.2, -0.15) is 14.6 Å². The molecule has 0 aliphatic carbocycles. The topological polar surface area (TPSA) is 107 Å². The molecule has 0 unspecified atom stereocenters. The van der Waals surface area contributed by atoms with E-state index in [9.17, 15) is 19.7 Å². The molecule has 0 fully saturated rings. The molecule has 0 bridgehead atoms. The minimum Gasteiger partial charge on any atom is -0.266 e. The van der Waals surface area contributed by atoms with Crippen molar-refractivity contribution in [3.8, 4) is 0 Å². The summed E-state index contributed by atoms with van der Waals surface area (Å²) < 4.78 is 1.25. The molecule has 0 saturated carbocycles. The highest BCUT2D eigenvalue weighted by Gasteiger charge is 2.14. The molecule has 0 spiro atoms. The third-order valence-electron chi connectivity index (χ3n) is 4.16. The van der Waals surface area contributed by atoms with Crippen LogP contribution in [0.1, 0.15) is 16.8 Å². The van der Waals surface area contributed by atoms with Crippen LogP contribution >= 0.6 is 22.9 Å². The van der Waals surface area contributed by atoms with Crippen molar-refractivity contribution in [3.63, 3.8) is 0 Å². The third-order valence-corrected chi connectivity index (χ3v) is 5.37. The number of hydrogen-bond donors (Lipinski definition) is 0. The summed E-state index contributed by atoms with van der Waals surface area (Å²) in [6.45, 7) is 0. The number of rotatable bonds is 4. The monoisotopic (exact) mass is 426 g/mol. The van der Waals surface area contributed by atoms with Crippen LogP contribution in [0.3, 0.4) is 0 Å². The average Bonchev–Trinajstić information content (AvgIpc) is 2.99. The minimum absolute atomic E-state index is 0.122. The summed E-state index contributed by atoms with van der Waals surface area (Å²) in [7, 11) is 0. The van der Waals surface area contributed by atoms with Gasteiger partial charge < -0.3 is 0 Å². The molecule has 0 amide bonds. The van der Waals surface area contributed by atoms with Gasteiger partial charge in [0.15, 0.2) is 0 Å². The van der Waals surface area contributed by atoms with E-state index in [4.69, 9.17) is 11.6 Å². The zero-order valence-electron chi connectivity index (χ0n) is 14.6. The second-order valence-corrected chi connectivity index (χ2v) is 7.54. The van der Waals surface area contributed by atoms with Crippen molar-refractivity contribution in [2.24, 2.45) is 0 Å². The van der Waals surface area contributed by atoms with Crippen LogP contribution in [0.25, 0.3) is 11.0 Å². The van der Waals surface area contributed by atoms with Gasteiger partial charge in [0.25, 0.3) is 16.8 Å². The Hall–Kier alpha value is -3.43. The number of nitro groups is 1. The van der Waals surface area contributed by atoms with Crippen LogP contribution in [-0.4, -0.2) is 19.5 Å². The Morgan fingerprint density at radius 1 is 1.14 bits per heavy atom. The smallest absolute Gasteiger partial charge is 0.266 e. The van der Waals surface area contributed by atoms with Crippen LogP contribution in [0.2, 0.25) is 5.02 Å². The standard InChI is InChI=1S/C19H11ClN4O4S/c20-13-7-5-11(6-8-13)9-14-17(25)21-19-23(22-14)18(26)16(29-19)10-12-3-1-2-4-15(12)24(27)28/h1-8,10H,9H2/b16-10-. The van der Waals surface area contributed by atoms with Gasteiger partial charge >= 0.3 is 0 Å². The van der Waals surface area contributed by atoms with Gasteiger partial charge in [-0.1, -0.05) is 47.2 Å². The Morgan fingerprint density at radius 3 is 2.59 bits per heavy atom. The normalized spacial score (nSPS) is 11.8. The lowest BCUT2D eigenvalue weighted by Crippen LogP contribution is -2.28. The van der Waals surface area contributed by atoms with Crippen LogP contribution in [-0.2, 0) is 6.42 Å². The molecule has 10 heteroatoms. The zero-order valence-corrected chi connectivity index (χ0v) is 16.2. The van der Waals surface area contributed by atoms with Crippen LogP contribution in [0, 0.1) is 10.1 Å². The first-order valence-corrected chi connectivity index (χ1v) is 9.54. The predicted octanol–water partition coefficient (Wildman–Crippen LogP) is 2.21. The fraction of sp³-hybridized carbons (Fsp3) is 0.0526. The molecule has 4 rings (SSSR count). The van der Waals surface area contributed by atoms with Crippen molar-refractivity contribution in [1.29, 1.82) is 0 Å². The maximum Gasteiger partial charge on any atom is 0.296 e. The quantitative estimate of drug-likeness (QED) is 0.365. The van der Waals surface area contributed by atoms with Crippen molar-refractivity contribution < 1.29 is 4.92 Å². The first-order valence-electron chi connectivity index (χ1n) is 8.35. The number of hydrogen-bond acceptors (Lipinski definition) is 7. The number of fused-ring (bicyclic) bond motifs is 1. The third kappa shape index (κ3) is 3.78. The fourth-order valence-corrected chi connectivity index (χ4v) is 3.79. The van der Waals surface area contributed by atoms with Gasteiger partial charge in [0.05, 0.1) is 15.0 Å². The number of thiazole rings is 1. The van der Waals surface area contributed by atoms with E-state index in [2.05, 4.69) is 10.1 Å². The van der Waals surface area contributed by atoms with Crippen molar-refractivity contribution in [3.05, 3.63) is 106 Å². The molecule has 29 heavy (non-hydrogen) atoms. The van der Waals surface area contributed by atoms with Crippen molar-refractivity contribution in [2.45, 2.75) is 6.42 Å². The van der Waals surface area contributed by atoms with Crippen LogP contribution in [0.5, 0.6) is 0 Å². The van der Waals surface area contributed by atoms with E-state index >= 15 is 0 Å². The molecule has 2 heterocycles. The molecule has 2 aromatic heterocycles. The Balaban J connectivity index is 1.83. The second-order valence-electron chi connectivity index (χ2n) is 6.09. The van der Waals surface area contributed by atoms with Crippen molar-refractivity contribution in [1.82, 2.24) is 14.6 Å². The van der Waals surface area contributed by atoms with Gasteiger partial charge in [-0.15, -0.1) is 0 Å². The SMILES string of the molecule is O=c1nc2s/c(=C\c3ccccc3[N+](=O)[O-])c(=O)n2nc1Cc1ccc(Cl)cc1. The summed E-state index contributed by atoms with van der Waals surface area (Å²) in [4.78, 5) is 39.8. The summed E-state index contributed by atoms with van der Waals surface area (Å²) >= 11 is 6.82. The van der Waals surface area contributed by atoms with E-state index in [1.165, 1.54) is 12.1 Å². The van der Waals surface area contributed by atoms with Gasteiger partial charge in [-0.3, -0.25) is 19.7 Å². The summed E-state index contributed by atoms with van der Waals surface area (Å²) in [5, 5.41) is 15.9. The summed E-state index contributed by atoms with van der Waals surface area (Å²) in [6, 6.07) is 13.0. The first kappa shape index (κ1) is 18.9. The van der Waals surface area contributed by atoms with E-state index in [1.807, 2.05) is 0 Å². The lowest BCUT2D eigenvalue weighted by atomic mass is 10.1. The largest absolute Gasteiger partial charge is 0.296 e. The molecule has 0 atom stereocenters. The Labute approximate surface area is 171 Å². The van der Waals surface area contributed by atoms with Crippen molar-refractivity contribution >= 4 is 39.7 Å². The minimum atomic E-state index is -0.529. The van der Waals surface area contributed by atoms with Gasteiger partial charge in [-0.25, -0.2) is 0 Å². The van der Waals surface area contributed by atoms with Gasteiger partial charge in [-0.05, 0) is 29.8 Å². The van der Waals surface area contributed by atoms with Gasteiger partial charge in [0.1, 0.15) is 5.69 Å². The van der Waals surface area contributed by atoms with Crippen LogP contribution in [0.15, 0.2) is 58.1 Å². The Bertz CT molecular complexity index is 1410. The van der Waals surface area contributed by atoms with E-state index in [0.29, 0.717) is 5.02 Å². The van der Waals surface area contributed by atoms with E-state index < -0.39 is 16.0 Å². The van der Waals surface area contributed by atoms with Crippen LogP contribution in [0.4, 0.5) is 5.69 Å². The molecular formula is C19H11ClN4O4S. The van der Waals surface area contributed by atoms with Gasteiger partial charge in [0.2, 0.25) is 4.96 Å². The number of nitrogens with zero attached hydrogens (tertiary/aromatic N) is 4. The maximum absolute atomic E-state index is 12.7. The van der Waals surface area contributed by atoms with Crippen LogP contribution < -0.4 is 15.7 Å². The summed E-state index contributed by atoms with van der Waals surface area (Å²) in [5.41, 5.74) is 0.0623. The maximum atomic E-state index is 12.7.